The van der Waals surface area contributed by atoms with Crippen molar-refractivity contribution in [2.75, 3.05) is 26.2 Å². The second-order valence-corrected chi connectivity index (χ2v) is 5.81. The van der Waals surface area contributed by atoms with E-state index in [2.05, 4.69) is 32.2 Å². The van der Waals surface area contributed by atoms with Gasteiger partial charge < -0.3 is 15.0 Å². The SMILES string of the molecule is CC(C)(C)c1ccccc1OCCN1CCNC1=O. The first-order valence-corrected chi connectivity index (χ1v) is 6.73. The molecule has 1 aliphatic heterocycles. The Morgan fingerprint density at radius 3 is 2.68 bits per heavy atom. The molecule has 19 heavy (non-hydrogen) atoms. The zero-order valence-corrected chi connectivity index (χ0v) is 11.9. The number of carbonyl (C=O) groups excluding carboxylic acids is 1. The summed E-state index contributed by atoms with van der Waals surface area (Å²) in [5.74, 6) is 0.912. The molecule has 1 heterocycles. The van der Waals surface area contributed by atoms with Crippen LogP contribution in [0.15, 0.2) is 24.3 Å². The predicted octanol–water partition coefficient (Wildman–Crippen LogP) is 2.39. The Kier molecular flexibility index (Phi) is 3.98. The molecule has 1 aromatic rings. The summed E-state index contributed by atoms with van der Waals surface area (Å²) in [5.41, 5.74) is 1.25. The van der Waals surface area contributed by atoms with E-state index in [-0.39, 0.29) is 11.4 Å². The number of nitrogens with zero attached hydrogens (tertiary/aromatic N) is 1. The van der Waals surface area contributed by atoms with Gasteiger partial charge in [0.2, 0.25) is 0 Å². The molecule has 1 aliphatic rings. The third kappa shape index (κ3) is 3.40. The molecule has 1 fully saturated rings. The molecule has 0 unspecified atom stereocenters. The maximum Gasteiger partial charge on any atom is 0.317 e. The minimum atomic E-state index is 0.00714. The Hall–Kier alpha value is -1.71. The molecule has 0 aromatic heterocycles. The number of hydrogen-bond acceptors (Lipinski definition) is 2. The monoisotopic (exact) mass is 262 g/mol. The van der Waals surface area contributed by atoms with Crippen molar-refractivity contribution >= 4 is 6.03 Å². The molecule has 0 spiro atoms. The van der Waals surface area contributed by atoms with Crippen LogP contribution in [0.4, 0.5) is 4.79 Å². The van der Waals surface area contributed by atoms with Crippen LogP contribution in [0.25, 0.3) is 0 Å². The number of para-hydroxylation sites is 1. The van der Waals surface area contributed by atoms with Gasteiger partial charge in [-0.2, -0.15) is 0 Å². The standard InChI is InChI=1S/C15H22N2O2/c1-15(2,3)12-6-4-5-7-13(12)19-11-10-17-9-8-16-14(17)18/h4-7H,8-11H2,1-3H3,(H,16,18). The first-order chi connectivity index (χ1) is 8.98. The van der Waals surface area contributed by atoms with Crippen LogP contribution in [0.1, 0.15) is 26.3 Å². The highest BCUT2D eigenvalue weighted by atomic mass is 16.5. The maximum atomic E-state index is 11.4. The third-order valence-corrected chi connectivity index (χ3v) is 3.26. The number of ether oxygens (including phenoxy) is 1. The Morgan fingerprint density at radius 1 is 1.32 bits per heavy atom. The van der Waals surface area contributed by atoms with E-state index in [1.165, 1.54) is 5.56 Å². The molecular weight excluding hydrogens is 240 g/mol. The first kappa shape index (κ1) is 13.7. The van der Waals surface area contributed by atoms with E-state index >= 15 is 0 Å². The van der Waals surface area contributed by atoms with Gasteiger partial charge in [-0.3, -0.25) is 0 Å². The lowest BCUT2D eigenvalue weighted by atomic mass is 9.86. The van der Waals surface area contributed by atoms with Crippen molar-refractivity contribution in [2.45, 2.75) is 26.2 Å². The summed E-state index contributed by atoms with van der Waals surface area (Å²) in [6, 6.07) is 8.10. The topological polar surface area (TPSA) is 41.6 Å². The van der Waals surface area contributed by atoms with E-state index in [1.807, 2.05) is 18.2 Å². The third-order valence-electron chi connectivity index (χ3n) is 3.26. The number of nitrogens with one attached hydrogen (secondary N) is 1. The average Bonchev–Trinajstić information content (AvgIpc) is 2.75. The second kappa shape index (κ2) is 5.51. The van der Waals surface area contributed by atoms with Crippen molar-refractivity contribution in [3.8, 4) is 5.75 Å². The highest BCUT2D eigenvalue weighted by Crippen LogP contribution is 2.30. The molecule has 0 radical (unpaired) electrons. The van der Waals surface area contributed by atoms with Crippen LogP contribution >= 0.6 is 0 Å². The molecule has 0 aliphatic carbocycles. The van der Waals surface area contributed by atoms with Crippen LogP contribution in [0.2, 0.25) is 0 Å². The molecule has 104 valence electrons. The minimum absolute atomic E-state index is 0.00714. The van der Waals surface area contributed by atoms with Gasteiger partial charge >= 0.3 is 6.03 Å². The quantitative estimate of drug-likeness (QED) is 0.905. The number of carbonyl (C=O) groups is 1. The van der Waals surface area contributed by atoms with Crippen molar-refractivity contribution in [1.29, 1.82) is 0 Å². The summed E-state index contributed by atoms with van der Waals surface area (Å²) in [6.07, 6.45) is 0. The Bertz CT molecular complexity index is 452. The van der Waals surface area contributed by atoms with E-state index in [0.29, 0.717) is 13.2 Å². The van der Waals surface area contributed by atoms with Crippen molar-refractivity contribution < 1.29 is 9.53 Å². The fourth-order valence-electron chi connectivity index (χ4n) is 2.20. The summed E-state index contributed by atoms with van der Waals surface area (Å²) < 4.78 is 5.85. The maximum absolute atomic E-state index is 11.4. The molecule has 2 amide bonds. The summed E-state index contributed by atoms with van der Waals surface area (Å²) in [6.45, 7) is 9.17. The van der Waals surface area contributed by atoms with E-state index < -0.39 is 0 Å². The molecular formula is C15H22N2O2. The molecule has 0 atom stereocenters. The first-order valence-electron chi connectivity index (χ1n) is 6.73. The lowest BCUT2D eigenvalue weighted by molar-refractivity contribution is 0.202. The molecule has 1 saturated heterocycles. The highest BCUT2D eigenvalue weighted by Gasteiger charge is 2.20. The lowest BCUT2D eigenvalue weighted by Crippen LogP contribution is -2.32. The second-order valence-electron chi connectivity index (χ2n) is 5.81. The molecule has 1 aromatic carbocycles. The van der Waals surface area contributed by atoms with Gasteiger partial charge in [-0.1, -0.05) is 39.0 Å². The number of hydrogen-bond donors (Lipinski definition) is 1. The van der Waals surface area contributed by atoms with Crippen LogP contribution in [-0.2, 0) is 5.41 Å². The summed E-state index contributed by atoms with van der Waals surface area (Å²) in [7, 11) is 0. The Morgan fingerprint density at radius 2 is 2.05 bits per heavy atom. The van der Waals surface area contributed by atoms with Gasteiger partial charge in [0.25, 0.3) is 0 Å². The van der Waals surface area contributed by atoms with Gasteiger partial charge in [-0.25, -0.2) is 4.79 Å². The van der Waals surface area contributed by atoms with Gasteiger partial charge in [-0.15, -0.1) is 0 Å². The fraction of sp³-hybridized carbons (Fsp3) is 0.533. The van der Waals surface area contributed by atoms with Gasteiger partial charge in [0.05, 0.1) is 6.54 Å². The molecule has 4 nitrogen and oxygen atoms in total. The number of rotatable bonds is 4. The molecule has 1 N–H and O–H groups in total. The van der Waals surface area contributed by atoms with Crippen LogP contribution in [0, 0.1) is 0 Å². The zero-order valence-electron chi connectivity index (χ0n) is 11.9. The average molecular weight is 262 g/mol. The molecule has 0 bridgehead atoms. The highest BCUT2D eigenvalue weighted by molar-refractivity contribution is 5.76. The van der Waals surface area contributed by atoms with Gasteiger partial charge in [0.1, 0.15) is 12.4 Å². The van der Waals surface area contributed by atoms with E-state index in [4.69, 9.17) is 4.74 Å². The van der Waals surface area contributed by atoms with Crippen LogP contribution < -0.4 is 10.1 Å². The van der Waals surface area contributed by atoms with Crippen molar-refractivity contribution in [1.82, 2.24) is 10.2 Å². The van der Waals surface area contributed by atoms with Crippen LogP contribution in [0.3, 0.4) is 0 Å². The normalized spacial score (nSPS) is 15.5. The summed E-state index contributed by atoms with van der Waals surface area (Å²) >= 11 is 0. The summed E-state index contributed by atoms with van der Waals surface area (Å²) in [4.78, 5) is 13.2. The van der Waals surface area contributed by atoms with Crippen LogP contribution in [-0.4, -0.2) is 37.2 Å². The molecule has 2 rings (SSSR count). The largest absolute Gasteiger partial charge is 0.491 e. The van der Waals surface area contributed by atoms with Gasteiger partial charge in [-0.05, 0) is 17.0 Å². The van der Waals surface area contributed by atoms with Crippen molar-refractivity contribution in [3.63, 3.8) is 0 Å². The Balaban J connectivity index is 1.94. The minimum Gasteiger partial charge on any atom is -0.491 e. The lowest BCUT2D eigenvalue weighted by Gasteiger charge is -2.23. The predicted molar refractivity (Wildman–Crippen MR) is 75.6 cm³/mol. The fourth-order valence-corrected chi connectivity index (χ4v) is 2.20. The number of benzene rings is 1. The zero-order chi connectivity index (χ0) is 13.9. The number of urea groups is 1. The van der Waals surface area contributed by atoms with Crippen molar-refractivity contribution in [2.24, 2.45) is 0 Å². The van der Waals surface area contributed by atoms with Gasteiger partial charge in [0, 0.05) is 13.1 Å². The Labute approximate surface area is 114 Å². The van der Waals surface area contributed by atoms with Crippen molar-refractivity contribution in [3.05, 3.63) is 29.8 Å². The number of amides is 2. The van der Waals surface area contributed by atoms with E-state index in [0.717, 1.165) is 18.8 Å². The molecule has 0 saturated carbocycles. The van der Waals surface area contributed by atoms with E-state index in [9.17, 15) is 4.79 Å². The summed E-state index contributed by atoms with van der Waals surface area (Å²) in [5, 5.41) is 2.79. The smallest absolute Gasteiger partial charge is 0.317 e. The molecule has 4 heteroatoms. The van der Waals surface area contributed by atoms with E-state index in [1.54, 1.807) is 4.90 Å². The van der Waals surface area contributed by atoms with Crippen LogP contribution in [0.5, 0.6) is 5.75 Å². The van der Waals surface area contributed by atoms with Gasteiger partial charge in [0.15, 0.2) is 0 Å².